The van der Waals surface area contributed by atoms with Crippen molar-refractivity contribution in [2.75, 3.05) is 0 Å². The molecule has 1 aliphatic rings. The van der Waals surface area contributed by atoms with E-state index in [0.717, 1.165) is 12.8 Å². The summed E-state index contributed by atoms with van der Waals surface area (Å²) < 4.78 is 13.7. The summed E-state index contributed by atoms with van der Waals surface area (Å²) in [5.74, 6) is -0.296. The molecule has 0 heterocycles. The molecule has 0 aliphatic heterocycles. The van der Waals surface area contributed by atoms with Crippen LogP contribution in [-0.2, 0) is 5.60 Å². The lowest BCUT2D eigenvalue weighted by atomic mass is 9.73. The molecule has 1 N–H and O–H groups in total. The van der Waals surface area contributed by atoms with Gasteiger partial charge in [0.1, 0.15) is 5.82 Å². The lowest BCUT2D eigenvalue weighted by Crippen LogP contribution is -2.37. The van der Waals surface area contributed by atoms with E-state index in [1.165, 1.54) is 6.07 Å². The van der Waals surface area contributed by atoms with Gasteiger partial charge in [0.05, 0.1) is 5.60 Å². The second kappa shape index (κ2) is 3.31. The first-order valence-corrected chi connectivity index (χ1v) is 5.45. The summed E-state index contributed by atoms with van der Waals surface area (Å²) in [6.45, 7) is 4.01. The average molecular weight is 208 g/mol. The Bertz CT molecular complexity index is 373. The monoisotopic (exact) mass is 208 g/mol. The van der Waals surface area contributed by atoms with Crippen molar-refractivity contribution < 1.29 is 9.50 Å². The zero-order valence-electron chi connectivity index (χ0n) is 9.26. The van der Waals surface area contributed by atoms with Gasteiger partial charge in [0.2, 0.25) is 0 Å². The summed E-state index contributed by atoms with van der Waals surface area (Å²) in [6, 6.07) is 6.55. The molecule has 1 aromatic rings. The molecule has 0 spiro atoms. The van der Waals surface area contributed by atoms with Gasteiger partial charge in [-0.3, -0.25) is 0 Å². The molecule has 1 nitrogen and oxygen atoms in total. The van der Waals surface area contributed by atoms with E-state index in [1.54, 1.807) is 18.2 Å². The van der Waals surface area contributed by atoms with Gasteiger partial charge in [-0.15, -0.1) is 0 Å². The van der Waals surface area contributed by atoms with Crippen LogP contribution in [0.15, 0.2) is 24.3 Å². The fraction of sp³-hybridized carbons (Fsp3) is 0.538. The highest BCUT2D eigenvalue weighted by atomic mass is 19.1. The van der Waals surface area contributed by atoms with E-state index in [2.05, 4.69) is 0 Å². The zero-order chi connectivity index (χ0) is 11.1. The molecular formula is C13H17FO. The van der Waals surface area contributed by atoms with Crippen LogP contribution in [0.2, 0.25) is 0 Å². The lowest BCUT2D eigenvalue weighted by Gasteiger charge is -2.37. The second-order valence-electron chi connectivity index (χ2n) is 5.08. The molecule has 1 aromatic carbocycles. The van der Waals surface area contributed by atoms with Crippen molar-refractivity contribution in [3.63, 3.8) is 0 Å². The van der Waals surface area contributed by atoms with Gasteiger partial charge in [-0.25, -0.2) is 4.39 Å². The van der Waals surface area contributed by atoms with E-state index in [0.29, 0.717) is 12.0 Å². The summed E-state index contributed by atoms with van der Waals surface area (Å²) >= 11 is 0. The maximum Gasteiger partial charge on any atom is 0.129 e. The lowest BCUT2D eigenvalue weighted by molar-refractivity contribution is -0.0512. The maximum atomic E-state index is 13.7. The minimum atomic E-state index is -1.00. The molecule has 0 saturated heterocycles. The molecule has 0 bridgehead atoms. The number of aliphatic hydroxyl groups is 1. The van der Waals surface area contributed by atoms with E-state index >= 15 is 0 Å². The fourth-order valence-electron chi connectivity index (χ4n) is 2.63. The molecule has 2 rings (SSSR count). The van der Waals surface area contributed by atoms with Crippen LogP contribution >= 0.6 is 0 Å². The van der Waals surface area contributed by atoms with Crippen molar-refractivity contribution in [1.29, 1.82) is 0 Å². The minimum Gasteiger partial charge on any atom is -0.384 e. The SMILES string of the molecule is CC1(C)CCCC1(O)c1ccccc1F. The Kier molecular flexibility index (Phi) is 2.34. The minimum absolute atomic E-state index is 0.241. The van der Waals surface area contributed by atoms with Crippen molar-refractivity contribution in [3.8, 4) is 0 Å². The third kappa shape index (κ3) is 1.48. The summed E-state index contributed by atoms with van der Waals surface area (Å²) in [6.07, 6.45) is 2.55. The summed E-state index contributed by atoms with van der Waals surface area (Å²) in [5.41, 5.74) is -0.791. The van der Waals surface area contributed by atoms with Gasteiger partial charge >= 0.3 is 0 Å². The molecular weight excluding hydrogens is 191 g/mol. The Morgan fingerprint density at radius 2 is 1.87 bits per heavy atom. The predicted molar refractivity (Wildman–Crippen MR) is 57.9 cm³/mol. The first-order valence-electron chi connectivity index (χ1n) is 5.45. The number of hydrogen-bond acceptors (Lipinski definition) is 1. The first-order chi connectivity index (χ1) is 6.97. The molecule has 1 aliphatic carbocycles. The van der Waals surface area contributed by atoms with E-state index in [9.17, 15) is 9.50 Å². The van der Waals surface area contributed by atoms with Crippen LogP contribution in [0.25, 0.3) is 0 Å². The Morgan fingerprint density at radius 1 is 1.20 bits per heavy atom. The first kappa shape index (κ1) is 10.6. The number of hydrogen-bond donors (Lipinski definition) is 1. The van der Waals surface area contributed by atoms with E-state index in [1.807, 2.05) is 13.8 Å². The van der Waals surface area contributed by atoms with Crippen molar-refractivity contribution >= 4 is 0 Å². The normalized spacial score (nSPS) is 29.3. The van der Waals surface area contributed by atoms with Gasteiger partial charge in [-0.1, -0.05) is 32.0 Å². The molecule has 2 heteroatoms. The van der Waals surface area contributed by atoms with Crippen LogP contribution in [0, 0.1) is 11.2 Å². The summed E-state index contributed by atoms with van der Waals surface area (Å²) in [4.78, 5) is 0. The van der Waals surface area contributed by atoms with Crippen LogP contribution in [-0.4, -0.2) is 5.11 Å². The average Bonchev–Trinajstić information content (AvgIpc) is 2.43. The maximum absolute atomic E-state index is 13.7. The van der Waals surface area contributed by atoms with Crippen molar-refractivity contribution in [1.82, 2.24) is 0 Å². The van der Waals surface area contributed by atoms with Crippen LogP contribution in [0.1, 0.15) is 38.7 Å². The quantitative estimate of drug-likeness (QED) is 0.751. The molecule has 1 unspecified atom stereocenters. The molecule has 0 aromatic heterocycles. The Labute approximate surface area is 89.9 Å². The highest BCUT2D eigenvalue weighted by Crippen LogP contribution is 2.52. The third-order valence-corrected chi connectivity index (χ3v) is 3.78. The topological polar surface area (TPSA) is 20.2 Å². The van der Waals surface area contributed by atoms with Crippen LogP contribution < -0.4 is 0 Å². The molecule has 1 saturated carbocycles. The van der Waals surface area contributed by atoms with Gasteiger partial charge in [0.15, 0.2) is 0 Å². The summed E-state index contributed by atoms with van der Waals surface area (Å²) in [5, 5.41) is 10.6. The largest absolute Gasteiger partial charge is 0.384 e. The third-order valence-electron chi connectivity index (χ3n) is 3.78. The van der Waals surface area contributed by atoms with Gasteiger partial charge in [-0.2, -0.15) is 0 Å². The van der Waals surface area contributed by atoms with E-state index in [-0.39, 0.29) is 11.2 Å². The van der Waals surface area contributed by atoms with Crippen molar-refractivity contribution in [2.45, 2.75) is 38.7 Å². The van der Waals surface area contributed by atoms with Crippen molar-refractivity contribution in [2.24, 2.45) is 5.41 Å². The molecule has 15 heavy (non-hydrogen) atoms. The van der Waals surface area contributed by atoms with Crippen LogP contribution in [0.5, 0.6) is 0 Å². The molecule has 1 fully saturated rings. The summed E-state index contributed by atoms with van der Waals surface area (Å²) in [7, 11) is 0. The van der Waals surface area contributed by atoms with E-state index < -0.39 is 5.60 Å². The predicted octanol–water partition coefficient (Wildman–Crippen LogP) is 3.22. The molecule has 0 radical (unpaired) electrons. The van der Waals surface area contributed by atoms with Gasteiger partial charge in [-0.05, 0) is 30.7 Å². The van der Waals surface area contributed by atoms with Crippen molar-refractivity contribution in [3.05, 3.63) is 35.6 Å². The Balaban J connectivity index is 2.50. The Hall–Kier alpha value is -0.890. The zero-order valence-corrected chi connectivity index (χ0v) is 9.26. The van der Waals surface area contributed by atoms with E-state index in [4.69, 9.17) is 0 Å². The molecule has 1 atom stereocenters. The molecule has 0 amide bonds. The number of halogens is 1. The highest BCUT2D eigenvalue weighted by Gasteiger charge is 2.49. The highest BCUT2D eigenvalue weighted by molar-refractivity contribution is 5.28. The smallest absolute Gasteiger partial charge is 0.129 e. The van der Waals surface area contributed by atoms with Gasteiger partial charge in [0, 0.05) is 5.56 Å². The fourth-order valence-corrected chi connectivity index (χ4v) is 2.63. The van der Waals surface area contributed by atoms with Crippen LogP contribution in [0.3, 0.4) is 0 Å². The van der Waals surface area contributed by atoms with Crippen LogP contribution in [0.4, 0.5) is 4.39 Å². The number of benzene rings is 1. The standard InChI is InChI=1S/C13H17FO/c1-12(2)8-5-9-13(12,15)10-6-3-4-7-11(10)14/h3-4,6-7,15H,5,8-9H2,1-2H3. The van der Waals surface area contributed by atoms with Gasteiger partial charge in [0.25, 0.3) is 0 Å². The van der Waals surface area contributed by atoms with Gasteiger partial charge < -0.3 is 5.11 Å². The number of rotatable bonds is 1. The molecule has 82 valence electrons. The second-order valence-corrected chi connectivity index (χ2v) is 5.08. The Morgan fingerprint density at radius 3 is 2.40 bits per heavy atom.